The number of halogens is 2. The molecule has 9 heteroatoms. The number of amides is 1. The van der Waals surface area contributed by atoms with Gasteiger partial charge in [-0.3, -0.25) is 9.69 Å². The molecule has 0 saturated carbocycles. The van der Waals surface area contributed by atoms with E-state index >= 15 is 4.39 Å². The number of piperidine rings is 1. The number of hydrogen-bond donors (Lipinski definition) is 2. The number of carbonyl (C=O) groups excluding carboxylic acids is 1. The van der Waals surface area contributed by atoms with Crippen molar-refractivity contribution in [1.29, 1.82) is 0 Å². The fraction of sp³-hybridized carbons (Fsp3) is 0.375. The summed E-state index contributed by atoms with van der Waals surface area (Å²) in [6.45, 7) is 8.80. The highest BCUT2D eigenvalue weighted by Crippen LogP contribution is 2.47. The number of phenols is 1. The van der Waals surface area contributed by atoms with Crippen molar-refractivity contribution in [2.45, 2.75) is 38.1 Å². The molecule has 2 N–H and O–H groups in total. The molecule has 0 radical (unpaired) electrons. The fourth-order valence-electron chi connectivity index (χ4n) is 8.34. The Morgan fingerprint density at radius 3 is 2.39 bits per heavy atom. The molecule has 4 aliphatic heterocycles. The van der Waals surface area contributed by atoms with Gasteiger partial charge in [0.15, 0.2) is 0 Å². The predicted molar refractivity (Wildman–Crippen MR) is 187 cm³/mol. The molecule has 2 unspecified atom stereocenters. The SMILES string of the molecule is Cc1cccc(C2COc3cc(O)ccc3C2c2ccc(N3CCC(CN4CCN(c5cc6c(cc5F)C(=O)NC6)CC4)CC3)c(F)c2)c1. The molecule has 49 heavy (non-hydrogen) atoms. The zero-order chi connectivity index (χ0) is 33.6. The fourth-order valence-corrected chi connectivity index (χ4v) is 8.34. The van der Waals surface area contributed by atoms with Crippen LogP contribution in [0.15, 0.2) is 72.8 Å². The lowest BCUT2D eigenvalue weighted by Crippen LogP contribution is -2.49. The lowest BCUT2D eigenvalue weighted by molar-refractivity contribution is 0.0965. The van der Waals surface area contributed by atoms with Crippen LogP contribution in [0.4, 0.5) is 20.2 Å². The smallest absolute Gasteiger partial charge is 0.252 e. The van der Waals surface area contributed by atoms with Crippen LogP contribution in [0.25, 0.3) is 0 Å². The van der Waals surface area contributed by atoms with E-state index in [-0.39, 0.29) is 35.1 Å². The van der Waals surface area contributed by atoms with Crippen LogP contribution >= 0.6 is 0 Å². The van der Waals surface area contributed by atoms with Gasteiger partial charge in [0.05, 0.1) is 18.0 Å². The van der Waals surface area contributed by atoms with Gasteiger partial charge in [0, 0.05) is 81.4 Å². The van der Waals surface area contributed by atoms with Crippen LogP contribution in [0.5, 0.6) is 11.5 Å². The van der Waals surface area contributed by atoms with Crippen LogP contribution in [0.3, 0.4) is 0 Å². The summed E-state index contributed by atoms with van der Waals surface area (Å²) in [5, 5.41) is 12.9. The molecule has 7 nitrogen and oxygen atoms in total. The number of carbonyl (C=O) groups is 1. The maximum atomic E-state index is 16.0. The number of rotatable bonds is 6. The topological polar surface area (TPSA) is 68.3 Å². The molecular weight excluding hydrogens is 622 g/mol. The Bertz CT molecular complexity index is 1880. The minimum atomic E-state index is -0.333. The lowest BCUT2D eigenvalue weighted by atomic mass is 9.75. The summed E-state index contributed by atoms with van der Waals surface area (Å²) in [5.41, 5.74) is 6.73. The van der Waals surface area contributed by atoms with Crippen molar-refractivity contribution in [3.8, 4) is 11.5 Å². The Morgan fingerprint density at radius 2 is 1.61 bits per heavy atom. The second kappa shape index (κ2) is 13.0. The first-order valence-electron chi connectivity index (χ1n) is 17.5. The van der Waals surface area contributed by atoms with E-state index in [4.69, 9.17) is 4.74 Å². The number of piperazine rings is 1. The Hall–Kier alpha value is -4.63. The molecule has 8 rings (SSSR count). The first kappa shape index (κ1) is 31.6. The summed E-state index contributed by atoms with van der Waals surface area (Å²) >= 11 is 0. The molecule has 0 bridgehead atoms. The third-order valence-electron chi connectivity index (χ3n) is 11.0. The van der Waals surface area contributed by atoms with Crippen molar-refractivity contribution >= 4 is 17.3 Å². The van der Waals surface area contributed by atoms with Gasteiger partial charge in [-0.05, 0) is 72.7 Å². The molecule has 4 aromatic carbocycles. The molecule has 2 fully saturated rings. The van der Waals surface area contributed by atoms with Crippen molar-refractivity contribution in [3.63, 3.8) is 0 Å². The lowest BCUT2D eigenvalue weighted by Gasteiger charge is -2.40. The molecule has 4 aromatic rings. The third-order valence-corrected chi connectivity index (χ3v) is 11.0. The van der Waals surface area contributed by atoms with E-state index in [1.54, 1.807) is 18.2 Å². The summed E-state index contributed by atoms with van der Waals surface area (Å²) < 4.78 is 37.0. The molecule has 2 saturated heterocycles. The van der Waals surface area contributed by atoms with E-state index < -0.39 is 0 Å². The van der Waals surface area contributed by atoms with Crippen LogP contribution in [0.1, 0.15) is 62.9 Å². The highest BCUT2D eigenvalue weighted by molar-refractivity contribution is 5.98. The van der Waals surface area contributed by atoms with Gasteiger partial charge in [-0.25, -0.2) is 8.78 Å². The number of ether oxygens (including phenoxy) is 1. The maximum absolute atomic E-state index is 16.0. The van der Waals surface area contributed by atoms with Crippen LogP contribution in [-0.2, 0) is 6.54 Å². The van der Waals surface area contributed by atoms with E-state index in [0.29, 0.717) is 41.8 Å². The molecule has 2 atom stereocenters. The Labute approximate surface area is 286 Å². The van der Waals surface area contributed by atoms with E-state index in [9.17, 15) is 14.3 Å². The second-order valence-electron chi connectivity index (χ2n) is 14.1. The third kappa shape index (κ3) is 6.21. The first-order chi connectivity index (χ1) is 23.8. The van der Waals surface area contributed by atoms with Crippen LogP contribution in [-0.4, -0.2) is 68.3 Å². The highest BCUT2D eigenvalue weighted by Gasteiger charge is 2.35. The van der Waals surface area contributed by atoms with E-state index in [1.165, 1.54) is 11.6 Å². The summed E-state index contributed by atoms with van der Waals surface area (Å²) in [6, 6.07) is 22.6. The van der Waals surface area contributed by atoms with Crippen LogP contribution in [0, 0.1) is 24.5 Å². The van der Waals surface area contributed by atoms with Crippen molar-refractivity contribution in [2.75, 3.05) is 62.2 Å². The molecule has 0 spiro atoms. The number of fused-ring (bicyclic) bond motifs is 2. The second-order valence-corrected chi connectivity index (χ2v) is 14.1. The van der Waals surface area contributed by atoms with E-state index in [2.05, 4.69) is 57.3 Å². The number of nitrogens with one attached hydrogen (secondary N) is 1. The van der Waals surface area contributed by atoms with Gasteiger partial charge in [0.25, 0.3) is 5.91 Å². The summed E-state index contributed by atoms with van der Waals surface area (Å²) in [4.78, 5) is 18.7. The number of phenolic OH excluding ortho intramolecular Hbond substituents is 1. The number of nitrogens with zero attached hydrogens (tertiary/aromatic N) is 3. The highest BCUT2D eigenvalue weighted by atomic mass is 19.1. The molecule has 254 valence electrons. The first-order valence-corrected chi connectivity index (χ1v) is 17.5. The van der Waals surface area contributed by atoms with Crippen molar-refractivity contribution < 1.29 is 23.4 Å². The quantitative estimate of drug-likeness (QED) is 0.243. The Kier molecular flexibility index (Phi) is 8.39. The number of aromatic hydroxyl groups is 1. The Morgan fingerprint density at radius 1 is 0.837 bits per heavy atom. The van der Waals surface area contributed by atoms with E-state index in [1.807, 2.05) is 18.2 Å². The van der Waals surface area contributed by atoms with Gasteiger partial charge in [-0.2, -0.15) is 0 Å². The number of aryl methyl sites for hydroxylation is 1. The Balaban J connectivity index is 0.907. The van der Waals surface area contributed by atoms with Gasteiger partial charge in [-0.15, -0.1) is 0 Å². The van der Waals surface area contributed by atoms with Crippen molar-refractivity contribution in [3.05, 3.63) is 118 Å². The van der Waals surface area contributed by atoms with Gasteiger partial charge in [0.2, 0.25) is 0 Å². The average molecular weight is 665 g/mol. The van der Waals surface area contributed by atoms with Crippen LogP contribution < -0.4 is 19.9 Å². The minimum absolute atomic E-state index is 0.00945. The number of hydrogen-bond acceptors (Lipinski definition) is 6. The average Bonchev–Trinajstić information content (AvgIpc) is 3.46. The van der Waals surface area contributed by atoms with Crippen molar-refractivity contribution in [2.24, 2.45) is 5.92 Å². The molecule has 1 amide bonds. The zero-order valence-corrected chi connectivity index (χ0v) is 27.8. The molecule has 4 aliphatic rings. The monoisotopic (exact) mass is 664 g/mol. The zero-order valence-electron chi connectivity index (χ0n) is 27.8. The van der Waals surface area contributed by atoms with Gasteiger partial charge in [0.1, 0.15) is 23.1 Å². The van der Waals surface area contributed by atoms with Gasteiger partial charge >= 0.3 is 0 Å². The molecule has 0 aliphatic carbocycles. The van der Waals surface area contributed by atoms with Crippen molar-refractivity contribution in [1.82, 2.24) is 10.2 Å². The predicted octanol–water partition coefficient (Wildman–Crippen LogP) is 6.57. The van der Waals surface area contributed by atoms with Gasteiger partial charge < -0.3 is 25.0 Å². The summed E-state index contributed by atoms with van der Waals surface area (Å²) in [6.07, 6.45) is 1.99. The standard InChI is InChI=1S/C40H42F2N4O3/c1-25-3-2-4-27(17-25)33-24-49-38-20-30(47)6-7-31(38)39(33)28-5-8-36(34(41)18-28)45-11-9-26(10-12-45)23-44-13-15-46(16-14-44)37-19-29-22-43-40(48)32(29)21-35(37)42/h2-8,17-21,26,33,39,47H,9-16,22-24H2,1H3,(H,43,48). The molecule has 4 heterocycles. The largest absolute Gasteiger partial charge is 0.508 e. The van der Waals surface area contributed by atoms with Gasteiger partial charge in [-0.1, -0.05) is 42.0 Å². The number of anilines is 2. The molecular formula is C40H42F2N4O3. The summed E-state index contributed by atoms with van der Waals surface area (Å²) in [7, 11) is 0. The normalized spacial score (nSPS) is 21.2. The minimum Gasteiger partial charge on any atom is -0.508 e. The number of benzene rings is 4. The molecule has 0 aromatic heterocycles. The summed E-state index contributed by atoms with van der Waals surface area (Å²) in [5.74, 6) is 0.489. The van der Waals surface area contributed by atoms with Crippen LogP contribution in [0.2, 0.25) is 0 Å². The maximum Gasteiger partial charge on any atom is 0.252 e. The van der Waals surface area contributed by atoms with E-state index in [0.717, 1.165) is 80.9 Å².